The number of nitrogens with one attached hydrogen (secondary N) is 5. The number of nitrogens with two attached hydrogens (primary N) is 2. The molecular formula is C48H65F2N9O11S. The molecule has 0 aliphatic rings. The van der Waals surface area contributed by atoms with E-state index in [4.69, 9.17) is 16.6 Å². The van der Waals surface area contributed by atoms with Crippen molar-refractivity contribution in [1.82, 2.24) is 36.1 Å². The lowest BCUT2D eigenvalue weighted by Crippen LogP contribution is -2.55. The van der Waals surface area contributed by atoms with Gasteiger partial charge in [0.1, 0.15) is 29.8 Å². The molecule has 20 nitrogen and oxygen atoms in total. The Bertz CT molecular complexity index is 2360. The number of hydrogen-bond donors (Lipinski definition) is 9. The van der Waals surface area contributed by atoms with Crippen LogP contribution < -0.4 is 38.1 Å². The molecule has 0 spiro atoms. The predicted octanol–water partition coefficient (Wildman–Crippen LogP) is 2.18. The molecule has 2 aromatic carbocycles. The van der Waals surface area contributed by atoms with Crippen LogP contribution in [0.4, 0.5) is 8.78 Å². The van der Waals surface area contributed by atoms with Crippen molar-refractivity contribution in [1.29, 1.82) is 0 Å². The van der Waals surface area contributed by atoms with Gasteiger partial charge in [-0.25, -0.2) is 13.6 Å². The summed E-state index contributed by atoms with van der Waals surface area (Å²) >= 11 is 1.15. The van der Waals surface area contributed by atoms with Crippen molar-refractivity contribution in [2.75, 3.05) is 31.1 Å². The third kappa shape index (κ3) is 19.8. The summed E-state index contributed by atoms with van der Waals surface area (Å²) in [5, 5.41) is 30.5. The number of rotatable bonds is 29. The van der Waals surface area contributed by atoms with E-state index >= 15 is 4.39 Å². The Morgan fingerprint density at radius 1 is 0.803 bits per heavy atom. The third-order valence-corrected chi connectivity index (χ3v) is 11.8. The number of hydrogen-bond acceptors (Lipinski definition) is 11. The first-order valence-electron chi connectivity index (χ1n) is 22.9. The highest BCUT2D eigenvalue weighted by atomic mass is 32.2. The highest BCUT2D eigenvalue weighted by Crippen LogP contribution is 2.41. The van der Waals surface area contributed by atoms with Crippen molar-refractivity contribution >= 4 is 65.1 Å². The van der Waals surface area contributed by atoms with Crippen LogP contribution in [-0.2, 0) is 49.7 Å². The van der Waals surface area contributed by atoms with Gasteiger partial charge in [-0.1, -0.05) is 51.1 Å². The van der Waals surface area contributed by atoms with Gasteiger partial charge in [0.2, 0.25) is 41.4 Å². The molecular weight excluding hydrogens is 949 g/mol. The highest BCUT2D eigenvalue weighted by Gasteiger charge is 2.37. The Balaban J connectivity index is 1.87. The topological polar surface area (TPSA) is 314 Å². The second kappa shape index (κ2) is 28.1. The molecule has 23 heteroatoms. The maximum atomic E-state index is 15.4. The van der Waals surface area contributed by atoms with Gasteiger partial charge in [-0.05, 0) is 61.9 Å². The average Bonchev–Trinajstić information content (AvgIpc) is 3.69. The fourth-order valence-electron chi connectivity index (χ4n) is 7.31. The quantitative estimate of drug-likeness (QED) is 0.0451. The highest BCUT2D eigenvalue weighted by molar-refractivity contribution is 7.99. The van der Waals surface area contributed by atoms with E-state index in [9.17, 15) is 52.6 Å². The third-order valence-electron chi connectivity index (χ3n) is 10.8. The predicted molar refractivity (Wildman–Crippen MR) is 260 cm³/mol. The van der Waals surface area contributed by atoms with E-state index < -0.39 is 107 Å². The second-order valence-electron chi connectivity index (χ2n) is 17.9. The van der Waals surface area contributed by atoms with E-state index in [0.29, 0.717) is 11.3 Å². The molecule has 11 N–H and O–H groups in total. The second-order valence-corrected chi connectivity index (χ2v) is 19.0. The molecule has 1 heterocycles. The Morgan fingerprint density at radius 3 is 2.11 bits per heavy atom. The van der Waals surface area contributed by atoms with Crippen LogP contribution in [0.3, 0.4) is 0 Å². The minimum atomic E-state index is -1.41. The van der Waals surface area contributed by atoms with Crippen molar-refractivity contribution < 1.29 is 62.1 Å². The van der Waals surface area contributed by atoms with Gasteiger partial charge in [-0.2, -0.15) is 11.8 Å². The van der Waals surface area contributed by atoms with E-state index in [1.54, 1.807) is 17.2 Å². The first-order chi connectivity index (χ1) is 33.4. The van der Waals surface area contributed by atoms with Gasteiger partial charge >= 0.3 is 11.9 Å². The molecule has 388 valence electrons. The first-order valence-corrected chi connectivity index (χ1v) is 24.0. The molecule has 3 rings (SSSR count). The van der Waals surface area contributed by atoms with Crippen molar-refractivity contribution in [3.63, 3.8) is 0 Å². The van der Waals surface area contributed by atoms with Gasteiger partial charge in [-0.15, -0.1) is 0 Å². The number of carboxylic acid groups (broad SMARTS) is 2. The smallest absolute Gasteiger partial charge is 0.326 e. The summed E-state index contributed by atoms with van der Waals surface area (Å²) in [6.07, 6.45) is 0.142. The summed E-state index contributed by atoms with van der Waals surface area (Å²) in [5.41, 5.74) is 12.1. The van der Waals surface area contributed by atoms with E-state index in [2.05, 4.69) is 26.6 Å². The number of amides is 7. The van der Waals surface area contributed by atoms with Crippen LogP contribution in [0.25, 0.3) is 11.1 Å². The van der Waals surface area contributed by atoms with Crippen LogP contribution in [0.2, 0.25) is 0 Å². The Morgan fingerprint density at radius 2 is 1.49 bits per heavy atom. The fraction of sp³-hybridized carbons (Fsp3) is 0.479. The molecule has 0 bridgehead atoms. The number of thioether (sulfide) groups is 1. The molecule has 3 aromatic rings. The summed E-state index contributed by atoms with van der Waals surface area (Å²) in [5.74, 6) is -8.48. The Hall–Kier alpha value is -6.88. The number of nitrogens with zero attached hydrogens (tertiary/aromatic N) is 2. The van der Waals surface area contributed by atoms with Crippen LogP contribution in [0.1, 0.15) is 90.4 Å². The molecule has 71 heavy (non-hydrogen) atoms. The number of halogens is 2. The molecule has 1 aromatic heterocycles. The SMILES string of the molecule is C[C@H](N)C(=O)N[C@@H](C)C(=O)N[C@@H](CC(N)=O)C(=O)NCCCN(C(=O)CSCCC(=O)NCCC(=O)N[C@@H](CCC(=O)O)C(=O)O)[C@@H](c1cc(-c2cc(F)ccc2F)cn1Cc1ccccc1)C(C)(C)C. The lowest BCUT2D eigenvalue weighted by Gasteiger charge is -2.41. The number of primary amides is 1. The van der Waals surface area contributed by atoms with Crippen molar-refractivity contribution in [2.45, 2.75) is 110 Å². The van der Waals surface area contributed by atoms with Crippen molar-refractivity contribution in [3.05, 3.63) is 83.7 Å². The summed E-state index contributed by atoms with van der Waals surface area (Å²) in [7, 11) is 0. The van der Waals surface area contributed by atoms with Gasteiger partial charge < -0.3 is 57.7 Å². The summed E-state index contributed by atoms with van der Waals surface area (Å²) in [6.45, 7) is 8.63. The van der Waals surface area contributed by atoms with Gasteiger partial charge in [0.05, 0.1) is 24.3 Å². The molecule has 0 aliphatic heterocycles. The Labute approximate surface area is 414 Å². The summed E-state index contributed by atoms with van der Waals surface area (Å²) in [6, 6.07) is 8.61. The number of carbonyl (C=O) groups excluding carboxylic acids is 7. The van der Waals surface area contributed by atoms with Gasteiger partial charge in [-0.3, -0.25) is 38.4 Å². The van der Waals surface area contributed by atoms with Crippen molar-refractivity contribution in [3.8, 4) is 11.1 Å². The monoisotopic (exact) mass is 1010 g/mol. The number of benzene rings is 2. The van der Waals surface area contributed by atoms with Crippen LogP contribution in [0.5, 0.6) is 0 Å². The molecule has 0 saturated heterocycles. The Kier molecular flexibility index (Phi) is 23.1. The fourth-order valence-corrected chi connectivity index (χ4v) is 8.13. The van der Waals surface area contributed by atoms with Crippen molar-refractivity contribution in [2.24, 2.45) is 16.9 Å². The molecule has 0 saturated carbocycles. The number of aromatic nitrogens is 1. The maximum Gasteiger partial charge on any atom is 0.326 e. The van der Waals surface area contributed by atoms with E-state index in [-0.39, 0.29) is 74.8 Å². The van der Waals surface area contributed by atoms with Gasteiger partial charge in [0, 0.05) is 74.2 Å². The molecule has 0 radical (unpaired) electrons. The normalized spacial score (nSPS) is 13.4. The zero-order valence-corrected chi connectivity index (χ0v) is 41.2. The summed E-state index contributed by atoms with van der Waals surface area (Å²) < 4.78 is 31.8. The minimum Gasteiger partial charge on any atom is -0.481 e. The molecule has 0 fully saturated rings. The van der Waals surface area contributed by atoms with Crippen LogP contribution in [-0.4, -0.2) is 128 Å². The van der Waals surface area contributed by atoms with Gasteiger partial charge in [0.25, 0.3) is 0 Å². The first kappa shape index (κ1) is 58.4. The van der Waals surface area contributed by atoms with Crippen LogP contribution >= 0.6 is 11.8 Å². The van der Waals surface area contributed by atoms with E-state index in [1.165, 1.54) is 13.8 Å². The molecule has 7 amide bonds. The van der Waals surface area contributed by atoms with E-state index in [1.807, 2.05) is 55.7 Å². The van der Waals surface area contributed by atoms with Crippen LogP contribution in [0.15, 0.2) is 60.8 Å². The average molecular weight is 1010 g/mol. The minimum absolute atomic E-state index is 0.00397. The lowest BCUT2D eigenvalue weighted by atomic mass is 9.83. The lowest BCUT2D eigenvalue weighted by molar-refractivity contribution is -0.143. The summed E-state index contributed by atoms with van der Waals surface area (Å²) in [4.78, 5) is 114. The van der Waals surface area contributed by atoms with Gasteiger partial charge in [0.15, 0.2) is 0 Å². The zero-order valence-electron chi connectivity index (χ0n) is 40.4. The largest absolute Gasteiger partial charge is 0.481 e. The number of carbonyl (C=O) groups is 9. The van der Waals surface area contributed by atoms with Crippen LogP contribution in [0, 0.1) is 17.0 Å². The maximum absolute atomic E-state index is 15.4. The number of aliphatic carboxylic acids is 2. The standard InChI is InChI=1S/C48H65F2N9O11S/c1-28(51)44(66)55-29(2)45(67)57-36(24-38(52)60)46(68)54-18-9-20-59(41(63)27-71-21-17-39(61)53-19-16-40(62)56-35(47(69)70)14-15-42(64)65)43(48(3,4)5)37-22-31(33-23-32(49)12-13-34(33)50)26-58(37)25-30-10-7-6-8-11-30/h6-8,10-13,22-23,26,28-29,35-36,43H,9,14-21,24-25,27,51H2,1-5H3,(H2,52,60)(H,53,61)(H,54,68)(H,55,66)(H,56,62)(H,57,67)(H,64,65)(H,69,70)/t28-,29-,35-,36-,43-/m0/s1. The zero-order chi connectivity index (χ0) is 53.0. The van der Waals surface area contributed by atoms with E-state index in [0.717, 1.165) is 35.5 Å². The molecule has 0 unspecified atom stereocenters. The number of carboxylic acids is 2. The molecule has 0 aliphatic carbocycles. The molecule has 5 atom stereocenters.